The molecular weight excluding hydrogens is 240 g/mol. The van der Waals surface area contributed by atoms with Crippen LogP contribution in [0.4, 0.5) is 11.6 Å². The molecule has 0 atom stereocenters. The van der Waals surface area contributed by atoms with Gasteiger partial charge in [0, 0.05) is 32.8 Å². The zero-order chi connectivity index (χ0) is 14.4. The minimum absolute atomic E-state index is 0.574. The number of hydrogen-bond donors (Lipinski definition) is 1. The van der Waals surface area contributed by atoms with Crippen LogP contribution in [0, 0.1) is 19.8 Å². The zero-order valence-corrected chi connectivity index (χ0v) is 12.9. The van der Waals surface area contributed by atoms with Crippen LogP contribution in [0.5, 0.6) is 0 Å². The fourth-order valence-electron chi connectivity index (χ4n) is 2.09. The van der Waals surface area contributed by atoms with Gasteiger partial charge in [0.25, 0.3) is 0 Å². The van der Waals surface area contributed by atoms with Crippen LogP contribution in [0.2, 0.25) is 0 Å². The van der Waals surface area contributed by atoms with E-state index in [4.69, 9.17) is 4.74 Å². The van der Waals surface area contributed by atoms with Gasteiger partial charge in [-0.25, -0.2) is 9.97 Å². The zero-order valence-electron chi connectivity index (χ0n) is 12.9. The van der Waals surface area contributed by atoms with Gasteiger partial charge in [0.1, 0.15) is 17.5 Å². The Hall–Kier alpha value is -1.36. The molecule has 0 bridgehead atoms. The molecule has 1 aromatic rings. The van der Waals surface area contributed by atoms with Crippen molar-refractivity contribution in [1.29, 1.82) is 0 Å². The summed E-state index contributed by atoms with van der Waals surface area (Å²) in [6, 6.07) is 0. The quantitative estimate of drug-likeness (QED) is 0.820. The van der Waals surface area contributed by atoms with E-state index in [0.29, 0.717) is 12.5 Å². The smallest absolute Gasteiger partial charge is 0.137 e. The Morgan fingerprint density at radius 1 is 1.26 bits per heavy atom. The highest BCUT2D eigenvalue weighted by Gasteiger charge is 2.16. The van der Waals surface area contributed by atoms with Crippen molar-refractivity contribution in [2.75, 3.05) is 44.1 Å². The molecule has 5 nitrogen and oxygen atoms in total. The Kier molecular flexibility index (Phi) is 6.02. The van der Waals surface area contributed by atoms with Gasteiger partial charge in [-0.3, -0.25) is 0 Å². The predicted molar refractivity (Wildman–Crippen MR) is 80.0 cm³/mol. The molecule has 0 radical (unpaired) electrons. The van der Waals surface area contributed by atoms with Crippen LogP contribution in [0.1, 0.15) is 25.2 Å². The standard InChI is InChI=1S/C14H26N4O/c1-10(2)9-18(7-8-19-6)14-11(3)13(15-5)16-12(4)17-14/h10H,7-9H2,1-6H3,(H,15,16,17). The van der Waals surface area contributed by atoms with Crippen molar-refractivity contribution in [1.82, 2.24) is 9.97 Å². The first-order valence-corrected chi connectivity index (χ1v) is 6.76. The summed E-state index contributed by atoms with van der Waals surface area (Å²) in [6.45, 7) is 10.9. The van der Waals surface area contributed by atoms with E-state index >= 15 is 0 Å². The van der Waals surface area contributed by atoms with Crippen LogP contribution >= 0.6 is 0 Å². The second-order valence-corrected chi connectivity index (χ2v) is 5.15. The Labute approximate surface area is 116 Å². The lowest BCUT2D eigenvalue weighted by molar-refractivity contribution is 0.204. The Morgan fingerprint density at radius 2 is 1.95 bits per heavy atom. The van der Waals surface area contributed by atoms with Gasteiger partial charge in [0.2, 0.25) is 0 Å². The van der Waals surface area contributed by atoms with Crippen LogP contribution in [-0.2, 0) is 4.74 Å². The van der Waals surface area contributed by atoms with E-state index in [1.807, 2.05) is 14.0 Å². The molecule has 108 valence electrons. The number of aryl methyl sites for hydroxylation is 1. The maximum atomic E-state index is 5.20. The van der Waals surface area contributed by atoms with Gasteiger partial charge in [-0.1, -0.05) is 13.8 Å². The van der Waals surface area contributed by atoms with Gasteiger partial charge in [0.05, 0.1) is 6.61 Å². The Balaban J connectivity index is 3.09. The third-order valence-electron chi connectivity index (χ3n) is 2.92. The van der Waals surface area contributed by atoms with Gasteiger partial charge >= 0.3 is 0 Å². The molecular formula is C14H26N4O. The maximum absolute atomic E-state index is 5.20. The van der Waals surface area contributed by atoms with E-state index in [-0.39, 0.29) is 0 Å². The molecule has 0 amide bonds. The molecule has 0 fully saturated rings. The molecule has 0 aliphatic heterocycles. The number of methoxy groups -OCH3 is 1. The van der Waals surface area contributed by atoms with E-state index in [2.05, 4.69) is 41.0 Å². The fraction of sp³-hybridized carbons (Fsp3) is 0.714. The number of nitrogens with one attached hydrogen (secondary N) is 1. The first-order chi connectivity index (χ1) is 8.99. The van der Waals surface area contributed by atoms with Crippen LogP contribution in [0.15, 0.2) is 0 Å². The molecule has 0 aliphatic rings. The normalized spacial score (nSPS) is 10.9. The lowest BCUT2D eigenvalue weighted by Crippen LogP contribution is -2.32. The Bertz CT molecular complexity index is 407. The van der Waals surface area contributed by atoms with Crippen LogP contribution < -0.4 is 10.2 Å². The van der Waals surface area contributed by atoms with Gasteiger partial charge in [-0.15, -0.1) is 0 Å². The van der Waals surface area contributed by atoms with E-state index in [1.165, 1.54) is 0 Å². The largest absolute Gasteiger partial charge is 0.383 e. The van der Waals surface area contributed by atoms with Gasteiger partial charge in [0.15, 0.2) is 0 Å². The average Bonchev–Trinajstić information content (AvgIpc) is 2.36. The summed E-state index contributed by atoms with van der Waals surface area (Å²) in [5.41, 5.74) is 1.09. The summed E-state index contributed by atoms with van der Waals surface area (Å²) in [4.78, 5) is 11.3. The molecule has 1 N–H and O–H groups in total. The van der Waals surface area contributed by atoms with Crippen molar-refractivity contribution in [3.05, 3.63) is 11.4 Å². The van der Waals surface area contributed by atoms with E-state index in [0.717, 1.165) is 36.1 Å². The first kappa shape index (κ1) is 15.7. The highest BCUT2D eigenvalue weighted by Crippen LogP contribution is 2.23. The SMILES string of the molecule is CNc1nc(C)nc(N(CCOC)CC(C)C)c1C. The van der Waals surface area contributed by atoms with Crippen molar-refractivity contribution in [2.45, 2.75) is 27.7 Å². The summed E-state index contributed by atoms with van der Waals surface area (Å²) in [5, 5.41) is 3.13. The molecule has 0 spiro atoms. The number of nitrogens with zero attached hydrogens (tertiary/aromatic N) is 3. The van der Waals surface area contributed by atoms with Crippen LogP contribution in [0.25, 0.3) is 0 Å². The van der Waals surface area contributed by atoms with Crippen molar-refractivity contribution >= 4 is 11.6 Å². The lowest BCUT2D eigenvalue weighted by atomic mass is 10.2. The highest BCUT2D eigenvalue weighted by atomic mass is 16.5. The monoisotopic (exact) mass is 266 g/mol. The second kappa shape index (κ2) is 7.28. The number of anilines is 2. The minimum atomic E-state index is 0.574. The van der Waals surface area contributed by atoms with Crippen molar-refractivity contribution in [2.24, 2.45) is 5.92 Å². The number of aromatic nitrogens is 2. The van der Waals surface area contributed by atoms with Crippen molar-refractivity contribution in [3.63, 3.8) is 0 Å². The summed E-state index contributed by atoms with van der Waals surface area (Å²) in [7, 11) is 3.62. The van der Waals surface area contributed by atoms with E-state index in [9.17, 15) is 0 Å². The van der Waals surface area contributed by atoms with Gasteiger partial charge < -0.3 is 15.0 Å². The molecule has 0 unspecified atom stereocenters. The molecule has 0 saturated heterocycles. The molecule has 0 saturated carbocycles. The molecule has 0 aromatic carbocycles. The summed E-state index contributed by atoms with van der Waals surface area (Å²) in [5.74, 6) is 3.26. The van der Waals surface area contributed by atoms with Crippen LogP contribution in [-0.4, -0.2) is 43.8 Å². The third-order valence-corrected chi connectivity index (χ3v) is 2.92. The van der Waals surface area contributed by atoms with Crippen LogP contribution in [0.3, 0.4) is 0 Å². The molecule has 0 aliphatic carbocycles. The predicted octanol–water partition coefficient (Wildman–Crippen LogP) is 2.24. The molecule has 19 heavy (non-hydrogen) atoms. The average molecular weight is 266 g/mol. The topological polar surface area (TPSA) is 50.3 Å². The summed E-state index contributed by atoms with van der Waals surface area (Å²) < 4.78 is 5.20. The molecule has 5 heteroatoms. The molecule has 1 heterocycles. The van der Waals surface area contributed by atoms with E-state index < -0.39 is 0 Å². The summed E-state index contributed by atoms with van der Waals surface area (Å²) in [6.07, 6.45) is 0. The molecule has 1 aromatic heterocycles. The van der Waals surface area contributed by atoms with Gasteiger partial charge in [-0.2, -0.15) is 0 Å². The third kappa shape index (κ3) is 4.35. The number of hydrogen-bond acceptors (Lipinski definition) is 5. The van der Waals surface area contributed by atoms with Crippen molar-refractivity contribution < 1.29 is 4.74 Å². The first-order valence-electron chi connectivity index (χ1n) is 6.76. The Morgan fingerprint density at radius 3 is 2.47 bits per heavy atom. The fourth-order valence-corrected chi connectivity index (χ4v) is 2.09. The second-order valence-electron chi connectivity index (χ2n) is 5.15. The highest BCUT2D eigenvalue weighted by molar-refractivity contribution is 5.58. The lowest BCUT2D eigenvalue weighted by Gasteiger charge is -2.27. The van der Waals surface area contributed by atoms with Gasteiger partial charge in [-0.05, 0) is 19.8 Å². The molecule has 1 rings (SSSR count). The summed E-state index contributed by atoms with van der Waals surface area (Å²) >= 11 is 0. The van der Waals surface area contributed by atoms with Crippen molar-refractivity contribution in [3.8, 4) is 0 Å². The number of rotatable bonds is 7. The maximum Gasteiger partial charge on any atom is 0.137 e. The minimum Gasteiger partial charge on any atom is -0.383 e. The van der Waals surface area contributed by atoms with E-state index in [1.54, 1.807) is 7.11 Å². The number of ether oxygens (including phenoxy) is 1.